The molecule has 1 aliphatic heterocycles. The van der Waals surface area contributed by atoms with E-state index in [0.29, 0.717) is 55.6 Å². The number of aromatic nitrogens is 1. The molecule has 0 N–H and O–H groups in total. The number of esters is 1. The molecule has 1 aliphatic rings. The second kappa shape index (κ2) is 14.1. The van der Waals surface area contributed by atoms with Gasteiger partial charge in [-0.2, -0.15) is 5.26 Å². The molecule has 0 unspecified atom stereocenters. The van der Waals surface area contributed by atoms with Crippen LogP contribution in [0.1, 0.15) is 49.1 Å². The molecule has 0 saturated carbocycles. The highest BCUT2D eigenvalue weighted by atomic mass is 127. The first-order valence-electron chi connectivity index (χ1n) is 14.2. The second-order valence-corrected chi connectivity index (χ2v) is 12.1. The Kier molecular flexibility index (Phi) is 10.0. The van der Waals surface area contributed by atoms with Crippen molar-refractivity contribution in [3.8, 4) is 23.3 Å². The molecule has 4 aromatic rings. The lowest BCUT2D eigenvalue weighted by Gasteiger charge is -2.24. The number of thiazole rings is 1. The number of carbonyl (C=O) groups excluding carboxylic acids is 1. The summed E-state index contributed by atoms with van der Waals surface area (Å²) in [4.78, 5) is 32.6. The van der Waals surface area contributed by atoms with Crippen LogP contribution in [0.4, 0.5) is 0 Å². The lowest BCUT2D eigenvalue weighted by Crippen LogP contribution is -2.39. The van der Waals surface area contributed by atoms with Gasteiger partial charge in [-0.15, -0.1) is 0 Å². The van der Waals surface area contributed by atoms with E-state index in [1.807, 2.05) is 55.5 Å². The van der Waals surface area contributed by atoms with Crippen LogP contribution < -0.4 is 29.1 Å². The minimum atomic E-state index is -0.748. The number of carbonyl (C=O) groups is 1. The van der Waals surface area contributed by atoms with Crippen molar-refractivity contribution in [2.75, 3.05) is 20.3 Å². The molecular formula is C34H30IN3O6S. The molecule has 0 radical (unpaired) electrons. The number of methoxy groups -OCH3 is 1. The van der Waals surface area contributed by atoms with E-state index < -0.39 is 12.0 Å². The first-order valence-corrected chi connectivity index (χ1v) is 16.1. The fraction of sp³-hybridized carbons (Fsp3) is 0.235. The van der Waals surface area contributed by atoms with Crippen molar-refractivity contribution in [3.05, 3.63) is 117 Å². The predicted octanol–water partition coefficient (Wildman–Crippen LogP) is 5.26. The summed E-state index contributed by atoms with van der Waals surface area (Å²) in [5.74, 6) is 1.08. The van der Waals surface area contributed by atoms with Crippen LogP contribution in [-0.2, 0) is 16.1 Å². The Labute approximate surface area is 277 Å². The van der Waals surface area contributed by atoms with Crippen molar-refractivity contribution in [2.45, 2.75) is 33.4 Å². The molecule has 1 atom stereocenters. The topological polar surface area (TPSA) is 112 Å². The third-order valence-corrected chi connectivity index (χ3v) is 8.69. The van der Waals surface area contributed by atoms with Crippen LogP contribution in [0.3, 0.4) is 0 Å². The number of allylic oxidation sites excluding steroid dienone is 1. The van der Waals surface area contributed by atoms with E-state index >= 15 is 0 Å². The van der Waals surface area contributed by atoms with Crippen molar-refractivity contribution in [2.24, 2.45) is 4.99 Å². The molecule has 0 fully saturated rings. The minimum absolute atomic E-state index is 0.128. The third kappa shape index (κ3) is 6.67. The standard InChI is InChI=1S/C34H30IN3O6S/c1-5-42-26-13-11-21(12-14-26)30-29(33(40)43-6-2)20(3)37-34-38(30)32(39)28(45-34)16-24-15-25(35)17-27(41-4)31(24)44-19-23-10-8-7-9-22(23)18-36/h7-17,30H,5-6,19H2,1-4H3/b28-16-/t30-/m1/s1. The number of rotatable bonds is 10. The summed E-state index contributed by atoms with van der Waals surface area (Å²) in [7, 11) is 1.55. The van der Waals surface area contributed by atoms with Gasteiger partial charge >= 0.3 is 5.97 Å². The molecule has 11 heteroatoms. The Morgan fingerprint density at radius 2 is 1.87 bits per heavy atom. The molecule has 5 rings (SSSR count). The zero-order valence-electron chi connectivity index (χ0n) is 25.1. The zero-order valence-corrected chi connectivity index (χ0v) is 28.1. The van der Waals surface area contributed by atoms with Crippen LogP contribution in [0.2, 0.25) is 0 Å². The molecule has 1 aromatic heterocycles. The van der Waals surface area contributed by atoms with Gasteiger partial charge < -0.3 is 18.9 Å². The summed E-state index contributed by atoms with van der Waals surface area (Å²) in [5.41, 5.74) is 3.05. The third-order valence-electron chi connectivity index (χ3n) is 7.09. The van der Waals surface area contributed by atoms with Gasteiger partial charge in [0.1, 0.15) is 12.4 Å². The molecule has 0 spiro atoms. The maximum absolute atomic E-state index is 14.2. The van der Waals surface area contributed by atoms with Crippen LogP contribution in [0, 0.1) is 14.9 Å². The van der Waals surface area contributed by atoms with E-state index in [-0.39, 0.29) is 18.8 Å². The highest BCUT2D eigenvalue weighted by Crippen LogP contribution is 2.35. The number of benzene rings is 3. The summed E-state index contributed by atoms with van der Waals surface area (Å²) in [5, 5.41) is 9.54. The van der Waals surface area contributed by atoms with Gasteiger partial charge in [0, 0.05) is 14.7 Å². The maximum atomic E-state index is 14.2. The quantitative estimate of drug-likeness (QED) is 0.161. The van der Waals surface area contributed by atoms with Gasteiger partial charge in [0.2, 0.25) is 0 Å². The summed E-state index contributed by atoms with van der Waals surface area (Å²) in [6.45, 7) is 6.22. The molecule has 0 bridgehead atoms. The van der Waals surface area contributed by atoms with Gasteiger partial charge in [-0.25, -0.2) is 9.79 Å². The maximum Gasteiger partial charge on any atom is 0.338 e. The van der Waals surface area contributed by atoms with Gasteiger partial charge in [0.15, 0.2) is 16.3 Å². The lowest BCUT2D eigenvalue weighted by molar-refractivity contribution is -0.139. The number of hydrogen-bond acceptors (Lipinski definition) is 9. The first kappa shape index (κ1) is 32.0. The summed E-state index contributed by atoms with van der Waals surface area (Å²) >= 11 is 3.41. The second-order valence-electron chi connectivity index (χ2n) is 9.89. The Balaban J connectivity index is 1.65. The Bertz CT molecular complexity index is 2010. The van der Waals surface area contributed by atoms with Crippen molar-refractivity contribution >= 4 is 46.0 Å². The summed E-state index contributed by atoms with van der Waals surface area (Å²) in [6, 6.07) is 19.7. The molecule has 0 saturated heterocycles. The SMILES string of the molecule is CCOC(=O)C1=C(C)N=c2s/c(=C\c3cc(I)cc(OC)c3OCc3ccccc3C#N)c(=O)n2[C@@H]1c1ccc(OCC)cc1. The minimum Gasteiger partial charge on any atom is -0.494 e. The number of nitrogens with zero attached hydrogens (tertiary/aromatic N) is 3. The van der Waals surface area contributed by atoms with E-state index in [2.05, 4.69) is 33.7 Å². The number of halogens is 1. The monoisotopic (exact) mass is 735 g/mol. The molecule has 2 heterocycles. The molecule has 230 valence electrons. The molecule has 0 aliphatic carbocycles. The van der Waals surface area contributed by atoms with Gasteiger partial charge in [-0.05, 0) is 85.3 Å². The van der Waals surface area contributed by atoms with Crippen molar-refractivity contribution in [1.29, 1.82) is 5.26 Å². The average molecular weight is 736 g/mol. The Hall–Kier alpha value is -4.41. The van der Waals surface area contributed by atoms with Crippen molar-refractivity contribution in [1.82, 2.24) is 4.57 Å². The van der Waals surface area contributed by atoms with Gasteiger partial charge in [-0.1, -0.05) is 41.7 Å². The number of nitriles is 1. The van der Waals surface area contributed by atoms with Gasteiger partial charge in [0.05, 0.1) is 53.8 Å². The molecule has 45 heavy (non-hydrogen) atoms. The van der Waals surface area contributed by atoms with E-state index in [1.165, 1.54) is 11.3 Å². The zero-order chi connectivity index (χ0) is 32.1. The van der Waals surface area contributed by atoms with E-state index in [9.17, 15) is 14.9 Å². The lowest BCUT2D eigenvalue weighted by atomic mass is 9.96. The Morgan fingerprint density at radius 1 is 1.11 bits per heavy atom. The number of hydrogen-bond donors (Lipinski definition) is 0. The van der Waals surface area contributed by atoms with Gasteiger partial charge in [0.25, 0.3) is 5.56 Å². The normalized spacial score (nSPS) is 14.3. The smallest absolute Gasteiger partial charge is 0.338 e. The van der Waals surface area contributed by atoms with Crippen molar-refractivity contribution in [3.63, 3.8) is 0 Å². The highest BCUT2D eigenvalue weighted by Gasteiger charge is 2.33. The number of ether oxygens (including phenoxy) is 4. The van der Waals surface area contributed by atoms with Crippen LogP contribution in [-0.4, -0.2) is 30.9 Å². The van der Waals surface area contributed by atoms with Crippen LogP contribution in [0.25, 0.3) is 6.08 Å². The van der Waals surface area contributed by atoms with Crippen LogP contribution >= 0.6 is 33.9 Å². The van der Waals surface area contributed by atoms with E-state index in [4.69, 9.17) is 18.9 Å². The van der Waals surface area contributed by atoms with Crippen LogP contribution in [0.5, 0.6) is 17.2 Å². The summed E-state index contributed by atoms with van der Waals surface area (Å²) in [6.07, 6.45) is 1.75. The molecule has 3 aromatic carbocycles. The first-order chi connectivity index (χ1) is 21.8. The Morgan fingerprint density at radius 3 is 2.56 bits per heavy atom. The van der Waals surface area contributed by atoms with Crippen molar-refractivity contribution < 1.29 is 23.7 Å². The van der Waals surface area contributed by atoms with E-state index in [1.54, 1.807) is 43.7 Å². The van der Waals surface area contributed by atoms with Crippen LogP contribution in [0.15, 0.2) is 81.7 Å². The predicted molar refractivity (Wildman–Crippen MR) is 179 cm³/mol. The average Bonchev–Trinajstić information content (AvgIpc) is 3.34. The largest absolute Gasteiger partial charge is 0.494 e. The van der Waals surface area contributed by atoms with E-state index in [0.717, 1.165) is 14.7 Å². The summed E-state index contributed by atoms with van der Waals surface area (Å²) < 4.78 is 25.7. The number of fused-ring (bicyclic) bond motifs is 1. The highest BCUT2D eigenvalue weighted by molar-refractivity contribution is 14.1. The molecule has 0 amide bonds. The molecular weight excluding hydrogens is 705 g/mol. The fourth-order valence-corrected chi connectivity index (χ4v) is 6.72. The molecule has 9 nitrogen and oxygen atoms in total. The van der Waals surface area contributed by atoms with Gasteiger partial charge in [-0.3, -0.25) is 9.36 Å². The fourth-order valence-electron chi connectivity index (χ4n) is 5.07.